The molecule has 3 aromatic rings. The molecule has 1 aromatic heterocycles. The fourth-order valence-corrected chi connectivity index (χ4v) is 3.35. The monoisotopic (exact) mass is 409 g/mol. The van der Waals surface area contributed by atoms with E-state index in [1.807, 2.05) is 12.1 Å². The molecule has 8 heteroatoms. The van der Waals surface area contributed by atoms with Gasteiger partial charge in [-0.25, -0.2) is 4.98 Å². The fraction of sp³-hybridized carbons (Fsp3) is 0.238. The first-order valence-electron chi connectivity index (χ1n) is 9.31. The van der Waals surface area contributed by atoms with Gasteiger partial charge in [0.1, 0.15) is 0 Å². The summed E-state index contributed by atoms with van der Waals surface area (Å²) in [6.07, 6.45) is 0.986. The summed E-state index contributed by atoms with van der Waals surface area (Å²) >= 11 is 1.28. The van der Waals surface area contributed by atoms with Crippen LogP contribution in [0.5, 0.6) is 0 Å². The van der Waals surface area contributed by atoms with Crippen molar-refractivity contribution in [2.45, 2.75) is 37.6 Å². The van der Waals surface area contributed by atoms with E-state index in [9.17, 15) is 9.59 Å². The van der Waals surface area contributed by atoms with Gasteiger partial charge in [0.05, 0.1) is 5.25 Å². The molecule has 0 fully saturated rings. The smallest absolute Gasteiger partial charge is 0.237 e. The maximum Gasteiger partial charge on any atom is 0.237 e. The summed E-state index contributed by atoms with van der Waals surface area (Å²) in [6, 6.07) is 15.1. The van der Waals surface area contributed by atoms with Crippen molar-refractivity contribution in [2.24, 2.45) is 0 Å². The molecule has 0 saturated heterocycles. The van der Waals surface area contributed by atoms with E-state index in [1.54, 1.807) is 31.2 Å². The number of aromatic nitrogens is 3. The number of rotatable bonds is 7. The van der Waals surface area contributed by atoms with E-state index < -0.39 is 0 Å². The summed E-state index contributed by atoms with van der Waals surface area (Å²) < 4.78 is 0. The summed E-state index contributed by atoms with van der Waals surface area (Å²) in [5.41, 5.74) is 3.55. The summed E-state index contributed by atoms with van der Waals surface area (Å²) in [5, 5.41) is 12.8. The Morgan fingerprint density at radius 3 is 2.24 bits per heavy atom. The molecule has 3 rings (SSSR count). The van der Waals surface area contributed by atoms with Gasteiger partial charge in [0.25, 0.3) is 0 Å². The van der Waals surface area contributed by atoms with Crippen molar-refractivity contribution in [1.82, 2.24) is 15.2 Å². The molecule has 0 unspecified atom stereocenters. The number of carbonyl (C=O) groups excluding carboxylic acids is 2. The van der Waals surface area contributed by atoms with Gasteiger partial charge in [0.2, 0.25) is 17.0 Å². The third-order valence-electron chi connectivity index (χ3n) is 4.22. The van der Waals surface area contributed by atoms with Gasteiger partial charge in [0.15, 0.2) is 5.82 Å². The number of nitrogens with zero attached hydrogens (tertiary/aromatic N) is 2. The molecule has 2 aromatic carbocycles. The Bertz CT molecular complexity index is 983. The second kappa shape index (κ2) is 9.38. The number of benzene rings is 2. The number of carbonyl (C=O) groups is 2. The van der Waals surface area contributed by atoms with Crippen molar-refractivity contribution in [2.75, 3.05) is 10.6 Å². The minimum absolute atomic E-state index is 0.140. The number of aromatic amines is 1. The van der Waals surface area contributed by atoms with Gasteiger partial charge in [0, 0.05) is 23.9 Å². The van der Waals surface area contributed by atoms with Crippen molar-refractivity contribution in [1.29, 1.82) is 0 Å². The normalized spacial score (nSPS) is 11.7. The number of nitrogens with one attached hydrogen (secondary N) is 3. The van der Waals surface area contributed by atoms with E-state index >= 15 is 0 Å². The molecule has 3 N–H and O–H groups in total. The molecule has 0 aliphatic heterocycles. The second-order valence-corrected chi connectivity index (χ2v) is 7.83. The van der Waals surface area contributed by atoms with E-state index in [1.165, 1.54) is 24.2 Å². The lowest BCUT2D eigenvalue weighted by molar-refractivity contribution is -0.115. The number of H-pyrrole nitrogens is 1. The van der Waals surface area contributed by atoms with Crippen molar-refractivity contribution < 1.29 is 9.59 Å². The van der Waals surface area contributed by atoms with Gasteiger partial charge in [-0.3, -0.25) is 14.7 Å². The molecule has 0 aliphatic rings. The van der Waals surface area contributed by atoms with Crippen LogP contribution in [0.15, 0.2) is 53.7 Å². The van der Waals surface area contributed by atoms with Gasteiger partial charge in [-0.15, -0.1) is 5.10 Å². The van der Waals surface area contributed by atoms with Gasteiger partial charge in [-0.2, -0.15) is 0 Å². The Morgan fingerprint density at radius 1 is 1.03 bits per heavy atom. The first-order chi connectivity index (χ1) is 13.9. The first-order valence-corrected chi connectivity index (χ1v) is 10.2. The number of amides is 2. The molecular weight excluding hydrogens is 386 g/mol. The minimum atomic E-state index is -0.379. The molecule has 1 atom stereocenters. The molecule has 29 heavy (non-hydrogen) atoms. The third kappa shape index (κ3) is 5.68. The lowest BCUT2D eigenvalue weighted by Gasteiger charge is -2.10. The highest BCUT2D eigenvalue weighted by Crippen LogP contribution is 2.24. The van der Waals surface area contributed by atoms with Crippen molar-refractivity contribution in [3.8, 4) is 11.4 Å². The van der Waals surface area contributed by atoms with E-state index in [2.05, 4.69) is 44.9 Å². The molecular formula is C21H23N5O2S. The van der Waals surface area contributed by atoms with Gasteiger partial charge in [-0.1, -0.05) is 43.0 Å². The predicted octanol–water partition coefficient (Wildman–Crippen LogP) is 4.11. The zero-order valence-electron chi connectivity index (χ0n) is 16.5. The molecule has 0 saturated carbocycles. The quantitative estimate of drug-likeness (QED) is 0.510. The summed E-state index contributed by atoms with van der Waals surface area (Å²) in [7, 11) is 0. The molecule has 7 nitrogen and oxygen atoms in total. The van der Waals surface area contributed by atoms with Crippen LogP contribution in [-0.4, -0.2) is 32.2 Å². The van der Waals surface area contributed by atoms with Crippen LogP contribution in [0.2, 0.25) is 0 Å². The van der Waals surface area contributed by atoms with Crippen LogP contribution in [0, 0.1) is 0 Å². The molecule has 0 radical (unpaired) electrons. The standard InChI is InChI=1S/C21H23N5O2S/c1-4-15-5-7-16(8-6-15)19-24-21(26-25-19)29-13(2)20(28)23-18-11-9-17(10-12-18)22-14(3)27/h5-13H,4H2,1-3H3,(H,22,27)(H,23,28)(H,24,25,26)/t13-/m1/s1. The van der Waals surface area contributed by atoms with E-state index in [4.69, 9.17) is 0 Å². The number of anilines is 2. The van der Waals surface area contributed by atoms with Crippen molar-refractivity contribution in [3.63, 3.8) is 0 Å². The number of hydrogen-bond acceptors (Lipinski definition) is 5. The predicted molar refractivity (Wildman–Crippen MR) is 116 cm³/mol. The summed E-state index contributed by atoms with van der Waals surface area (Å²) in [5.74, 6) is 0.385. The fourth-order valence-electron chi connectivity index (χ4n) is 2.62. The van der Waals surface area contributed by atoms with Crippen LogP contribution < -0.4 is 10.6 Å². The third-order valence-corrected chi connectivity index (χ3v) is 5.19. The van der Waals surface area contributed by atoms with Crippen LogP contribution in [0.1, 0.15) is 26.3 Å². The highest BCUT2D eigenvalue weighted by atomic mass is 32.2. The summed E-state index contributed by atoms with van der Waals surface area (Å²) in [4.78, 5) is 28.0. The zero-order valence-corrected chi connectivity index (χ0v) is 17.3. The highest BCUT2D eigenvalue weighted by Gasteiger charge is 2.17. The summed E-state index contributed by atoms with van der Waals surface area (Å²) in [6.45, 7) is 5.36. The first kappa shape index (κ1) is 20.6. The van der Waals surface area contributed by atoms with Crippen LogP contribution in [-0.2, 0) is 16.0 Å². The van der Waals surface area contributed by atoms with Crippen LogP contribution in [0.25, 0.3) is 11.4 Å². The molecule has 0 aliphatic carbocycles. The van der Waals surface area contributed by atoms with E-state index in [0.717, 1.165) is 12.0 Å². The van der Waals surface area contributed by atoms with Gasteiger partial charge >= 0.3 is 0 Å². The topological polar surface area (TPSA) is 99.8 Å². The van der Waals surface area contributed by atoms with Crippen LogP contribution in [0.4, 0.5) is 11.4 Å². The van der Waals surface area contributed by atoms with E-state index in [0.29, 0.717) is 22.4 Å². The SMILES string of the molecule is CCc1ccc(-c2nc(S[C@H](C)C(=O)Nc3ccc(NC(C)=O)cc3)n[nH]2)cc1. The largest absolute Gasteiger partial charge is 0.326 e. The van der Waals surface area contributed by atoms with Gasteiger partial charge in [-0.05, 0) is 43.2 Å². The zero-order chi connectivity index (χ0) is 20.8. The van der Waals surface area contributed by atoms with Crippen molar-refractivity contribution >= 4 is 35.0 Å². The Morgan fingerprint density at radius 2 is 1.66 bits per heavy atom. The average Bonchev–Trinajstić information content (AvgIpc) is 3.17. The molecule has 150 valence electrons. The highest BCUT2D eigenvalue weighted by molar-refractivity contribution is 8.00. The molecule has 0 spiro atoms. The number of hydrogen-bond donors (Lipinski definition) is 3. The van der Waals surface area contributed by atoms with Crippen LogP contribution >= 0.6 is 11.8 Å². The minimum Gasteiger partial charge on any atom is -0.326 e. The molecule has 2 amide bonds. The van der Waals surface area contributed by atoms with E-state index in [-0.39, 0.29) is 17.1 Å². The maximum absolute atomic E-state index is 12.5. The lowest BCUT2D eigenvalue weighted by Crippen LogP contribution is -2.22. The lowest BCUT2D eigenvalue weighted by atomic mass is 10.1. The number of aryl methyl sites for hydroxylation is 1. The number of thioether (sulfide) groups is 1. The maximum atomic E-state index is 12.5. The van der Waals surface area contributed by atoms with Crippen LogP contribution in [0.3, 0.4) is 0 Å². The molecule has 1 heterocycles. The van der Waals surface area contributed by atoms with Gasteiger partial charge < -0.3 is 10.6 Å². The Balaban J connectivity index is 1.58. The Hall–Kier alpha value is -3.13. The average molecular weight is 410 g/mol. The Kier molecular flexibility index (Phi) is 6.66. The second-order valence-electron chi connectivity index (χ2n) is 6.52. The Labute approximate surface area is 173 Å². The van der Waals surface area contributed by atoms with Crippen molar-refractivity contribution in [3.05, 3.63) is 54.1 Å². The molecule has 0 bridgehead atoms.